The minimum absolute atomic E-state index is 0.0579. The molecule has 8 rings (SSSR count). The summed E-state index contributed by atoms with van der Waals surface area (Å²) in [6, 6.07) is 2.47. The number of rotatable bonds is 5. The molecule has 0 aliphatic heterocycles. The maximum Gasteiger partial charge on any atom is 0.292 e. The van der Waals surface area contributed by atoms with Gasteiger partial charge in [-0.15, -0.1) is 0 Å². The van der Waals surface area contributed by atoms with E-state index in [9.17, 15) is 9.90 Å². The van der Waals surface area contributed by atoms with Crippen molar-refractivity contribution in [2.45, 2.75) is 81.9 Å². The van der Waals surface area contributed by atoms with Crippen LogP contribution in [0.1, 0.15) is 74.8 Å². The Bertz CT molecular complexity index is 1250. The highest BCUT2D eigenvalue weighted by Crippen LogP contribution is 2.56. The van der Waals surface area contributed by atoms with Crippen LogP contribution in [0.4, 0.5) is 5.69 Å². The number of pyridine rings is 1. The molecule has 5 saturated carbocycles. The monoisotopic (exact) mass is 476 g/mol. The van der Waals surface area contributed by atoms with Crippen LogP contribution in [0, 0.1) is 17.8 Å². The molecule has 9 heteroatoms. The number of H-pyrrole nitrogens is 1. The highest BCUT2D eigenvalue weighted by atomic mass is 16.5. The van der Waals surface area contributed by atoms with E-state index in [2.05, 4.69) is 30.7 Å². The van der Waals surface area contributed by atoms with Crippen LogP contribution in [0.3, 0.4) is 0 Å². The van der Waals surface area contributed by atoms with Crippen LogP contribution in [0.5, 0.6) is 0 Å². The van der Waals surface area contributed by atoms with E-state index in [0.29, 0.717) is 29.2 Å². The number of aromatic nitrogens is 4. The SMILES string of the molecule is O=C(NC1CCCCC1)c1noc(-c2cnc3[nH]ccc3c2N[C@H]2C3CC4CC2C[C@@](O)(C4)C3)n1. The largest absolute Gasteiger partial charge is 0.390 e. The average molecular weight is 477 g/mol. The third-order valence-corrected chi connectivity index (χ3v) is 8.94. The lowest BCUT2D eigenvalue weighted by Crippen LogP contribution is -2.59. The summed E-state index contributed by atoms with van der Waals surface area (Å²) in [6.07, 6.45) is 14.1. The lowest BCUT2D eigenvalue weighted by Gasteiger charge is -2.58. The number of nitrogens with one attached hydrogen (secondary N) is 3. The first-order chi connectivity index (χ1) is 17.0. The minimum Gasteiger partial charge on any atom is -0.390 e. The van der Waals surface area contributed by atoms with Crippen molar-refractivity contribution >= 4 is 22.6 Å². The van der Waals surface area contributed by atoms with Gasteiger partial charge in [0.2, 0.25) is 0 Å². The summed E-state index contributed by atoms with van der Waals surface area (Å²) in [4.78, 5) is 25.0. The number of aromatic amines is 1. The lowest BCUT2D eigenvalue weighted by molar-refractivity contribution is -0.129. The summed E-state index contributed by atoms with van der Waals surface area (Å²) in [5, 5.41) is 22.9. The molecule has 1 amide bonds. The fourth-order valence-electron chi connectivity index (χ4n) is 7.63. The fraction of sp³-hybridized carbons (Fsp3) is 0.615. The Morgan fingerprint density at radius 3 is 2.71 bits per heavy atom. The number of carbonyl (C=O) groups is 1. The summed E-state index contributed by atoms with van der Waals surface area (Å²) in [6.45, 7) is 0. The standard InChI is InChI=1S/C26H32N6O3/c33-24(29-17-4-2-1-3-5-17)23-31-25(35-32-23)19-13-28-22-18(6-7-27-22)21(19)30-20-15-8-14-9-16(20)12-26(34,10-14)11-15/h6-7,13-17,20,34H,1-5,8-12H2,(H,29,33)(H2,27,28,30)/t14?,15?,16?,20-,26+. The van der Waals surface area contributed by atoms with Crippen molar-refractivity contribution in [2.24, 2.45) is 17.8 Å². The predicted octanol–water partition coefficient (Wildman–Crippen LogP) is 4.03. The molecular weight excluding hydrogens is 444 g/mol. The van der Waals surface area contributed by atoms with Crippen molar-refractivity contribution in [1.29, 1.82) is 0 Å². The summed E-state index contributed by atoms with van der Waals surface area (Å²) in [5.41, 5.74) is 1.91. The van der Waals surface area contributed by atoms with Gasteiger partial charge in [0.25, 0.3) is 17.6 Å². The Balaban J connectivity index is 1.19. The first kappa shape index (κ1) is 21.4. The van der Waals surface area contributed by atoms with Crippen molar-refractivity contribution in [3.8, 4) is 11.5 Å². The topological polar surface area (TPSA) is 129 Å². The van der Waals surface area contributed by atoms with E-state index in [1.54, 1.807) is 6.20 Å². The molecule has 0 aromatic carbocycles. The van der Waals surface area contributed by atoms with Gasteiger partial charge in [0.15, 0.2) is 0 Å². The maximum atomic E-state index is 12.8. The van der Waals surface area contributed by atoms with Gasteiger partial charge in [0, 0.05) is 29.9 Å². The van der Waals surface area contributed by atoms with Crippen molar-refractivity contribution in [2.75, 3.05) is 5.32 Å². The van der Waals surface area contributed by atoms with Gasteiger partial charge in [0.1, 0.15) is 5.65 Å². The van der Waals surface area contributed by atoms with Gasteiger partial charge in [-0.3, -0.25) is 4.79 Å². The highest BCUT2D eigenvalue weighted by molar-refractivity contribution is 5.97. The van der Waals surface area contributed by atoms with Crippen molar-refractivity contribution in [3.63, 3.8) is 0 Å². The van der Waals surface area contributed by atoms with Crippen molar-refractivity contribution in [1.82, 2.24) is 25.4 Å². The molecule has 5 aliphatic rings. The normalized spacial score (nSPS) is 32.3. The summed E-state index contributed by atoms with van der Waals surface area (Å²) < 4.78 is 5.60. The molecule has 0 spiro atoms. The Morgan fingerprint density at radius 1 is 1.14 bits per heavy atom. The zero-order valence-electron chi connectivity index (χ0n) is 19.8. The predicted molar refractivity (Wildman–Crippen MR) is 130 cm³/mol. The second kappa shape index (κ2) is 8.05. The molecule has 4 N–H and O–H groups in total. The Hall–Kier alpha value is -2.94. The third-order valence-electron chi connectivity index (χ3n) is 8.94. The molecular formula is C26H32N6O3. The molecule has 2 atom stereocenters. The average Bonchev–Trinajstić information content (AvgIpc) is 3.51. The number of anilines is 1. The quantitative estimate of drug-likeness (QED) is 0.438. The molecule has 3 aromatic heterocycles. The molecule has 0 saturated heterocycles. The molecule has 5 aliphatic carbocycles. The van der Waals surface area contributed by atoms with Crippen LogP contribution in [0.15, 0.2) is 23.0 Å². The van der Waals surface area contributed by atoms with E-state index in [1.807, 2.05) is 12.3 Å². The van der Waals surface area contributed by atoms with Gasteiger partial charge >= 0.3 is 0 Å². The van der Waals surface area contributed by atoms with Crippen molar-refractivity contribution in [3.05, 3.63) is 24.3 Å². The smallest absolute Gasteiger partial charge is 0.292 e. The maximum absolute atomic E-state index is 12.8. The summed E-state index contributed by atoms with van der Waals surface area (Å²) >= 11 is 0. The molecule has 35 heavy (non-hydrogen) atoms. The second-order valence-corrected chi connectivity index (χ2v) is 11.4. The van der Waals surface area contributed by atoms with E-state index in [0.717, 1.165) is 61.7 Å². The number of fused-ring (bicyclic) bond motifs is 1. The number of hydrogen-bond donors (Lipinski definition) is 4. The highest BCUT2D eigenvalue weighted by Gasteiger charge is 2.54. The fourth-order valence-corrected chi connectivity index (χ4v) is 7.63. The van der Waals surface area contributed by atoms with Gasteiger partial charge in [-0.05, 0) is 68.8 Å². The Kier molecular flexibility index (Phi) is 4.91. The van der Waals surface area contributed by atoms with Gasteiger partial charge in [-0.1, -0.05) is 24.4 Å². The van der Waals surface area contributed by atoms with Gasteiger partial charge in [0.05, 0.1) is 16.9 Å². The lowest BCUT2D eigenvalue weighted by atomic mass is 9.52. The van der Waals surface area contributed by atoms with Gasteiger partial charge < -0.3 is 25.2 Å². The van der Waals surface area contributed by atoms with E-state index < -0.39 is 5.60 Å². The van der Waals surface area contributed by atoms with Gasteiger partial charge in [-0.2, -0.15) is 4.98 Å². The number of carbonyl (C=O) groups excluding carboxylic acids is 1. The number of amides is 1. The molecule has 3 heterocycles. The Morgan fingerprint density at radius 2 is 1.94 bits per heavy atom. The second-order valence-electron chi connectivity index (χ2n) is 11.4. The molecule has 184 valence electrons. The van der Waals surface area contributed by atoms with E-state index in [1.165, 1.54) is 19.3 Å². The third kappa shape index (κ3) is 3.71. The zero-order chi connectivity index (χ0) is 23.6. The number of aliphatic hydroxyl groups is 1. The first-order valence-corrected chi connectivity index (χ1v) is 13.1. The molecule has 9 nitrogen and oxygen atoms in total. The molecule has 0 radical (unpaired) electrons. The van der Waals surface area contributed by atoms with Crippen LogP contribution in [-0.4, -0.2) is 48.8 Å². The van der Waals surface area contributed by atoms with E-state index >= 15 is 0 Å². The Labute approximate surface area is 203 Å². The number of hydrogen-bond acceptors (Lipinski definition) is 7. The number of nitrogens with zero attached hydrogens (tertiary/aromatic N) is 3. The summed E-state index contributed by atoms with van der Waals surface area (Å²) in [7, 11) is 0. The molecule has 4 bridgehead atoms. The molecule has 5 fully saturated rings. The van der Waals surface area contributed by atoms with Gasteiger partial charge in [-0.25, -0.2) is 4.98 Å². The van der Waals surface area contributed by atoms with Crippen LogP contribution in [0.2, 0.25) is 0 Å². The molecule has 2 unspecified atom stereocenters. The first-order valence-electron chi connectivity index (χ1n) is 13.1. The van der Waals surface area contributed by atoms with E-state index in [-0.39, 0.29) is 23.8 Å². The minimum atomic E-state index is -0.480. The molecule has 3 aromatic rings. The summed E-state index contributed by atoms with van der Waals surface area (Å²) in [5.74, 6) is 1.59. The van der Waals surface area contributed by atoms with Crippen LogP contribution in [-0.2, 0) is 0 Å². The van der Waals surface area contributed by atoms with Crippen LogP contribution < -0.4 is 10.6 Å². The van der Waals surface area contributed by atoms with Crippen LogP contribution >= 0.6 is 0 Å². The van der Waals surface area contributed by atoms with E-state index in [4.69, 9.17) is 4.52 Å². The van der Waals surface area contributed by atoms with Crippen LogP contribution in [0.25, 0.3) is 22.5 Å². The zero-order valence-corrected chi connectivity index (χ0v) is 19.8. The van der Waals surface area contributed by atoms with Crippen molar-refractivity contribution < 1.29 is 14.4 Å².